The van der Waals surface area contributed by atoms with Gasteiger partial charge in [0.05, 0.1) is 12.7 Å². The highest BCUT2D eigenvalue weighted by molar-refractivity contribution is 5.93. The average molecular weight is 450 g/mol. The first-order valence-corrected chi connectivity index (χ1v) is 11.2. The van der Waals surface area contributed by atoms with E-state index in [0.717, 1.165) is 42.3 Å². The minimum absolute atomic E-state index is 0.104. The van der Waals surface area contributed by atoms with Gasteiger partial charge in [0.15, 0.2) is 5.69 Å². The quantitative estimate of drug-likeness (QED) is 0.540. The number of aryl methyl sites for hydroxylation is 3. The number of hydrogen-bond donors (Lipinski definition) is 0. The number of methoxy groups -OCH3 is 1. The van der Waals surface area contributed by atoms with Crippen molar-refractivity contribution >= 4 is 5.91 Å². The Labute approximate surface area is 194 Å². The van der Waals surface area contributed by atoms with Crippen LogP contribution < -0.4 is 9.47 Å². The molecular weight excluding hydrogens is 418 g/mol. The SMILES string of the molecule is COc1cccc(CN2CCN(C(=O)c3noc(C)c3COc3c(C)cccc3C)CC2)c1. The maximum absolute atomic E-state index is 13.2. The van der Waals surface area contributed by atoms with Gasteiger partial charge in [0.25, 0.3) is 5.91 Å². The van der Waals surface area contributed by atoms with Crippen molar-refractivity contribution in [2.45, 2.75) is 33.9 Å². The topological polar surface area (TPSA) is 68.0 Å². The van der Waals surface area contributed by atoms with Gasteiger partial charge >= 0.3 is 0 Å². The number of para-hydroxylation sites is 1. The van der Waals surface area contributed by atoms with E-state index >= 15 is 0 Å². The average Bonchev–Trinajstić information content (AvgIpc) is 3.19. The molecule has 0 radical (unpaired) electrons. The summed E-state index contributed by atoms with van der Waals surface area (Å²) in [6.07, 6.45) is 0. The number of rotatable bonds is 7. The number of nitrogens with zero attached hydrogens (tertiary/aromatic N) is 3. The second kappa shape index (κ2) is 10.1. The van der Waals surface area contributed by atoms with Crippen LogP contribution in [0.3, 0.4) is 0 Å². The fourth-order valence-electron chi connectivity index (χ4n) is 4.19. The van der Waals surface area contributed by atoms with Gasteiger partial charge in [-0.25, -0.2) is 0 Å². The molecule has 33 heavy (non-hydrogen) atoms. The molecule has 0 bridgehead atoms. The van der Waals surface area contributed by atoms with Crippen molar-refractivity contribution < 1.29 is 18.8 Å². The second-order valence-corrected chi connectivity index (χ2v) is 8.50. The first-order chi connectivity index (χ1) is 16.0. The van der Waals surface area contributed by atoms with Gasteiger partial charge in [0.2, 0.25) is 0 Å². The van der Waals surface area contributed by atoms with E-state index in [1.165, 1.54) is 5.56 Å². The van der Waals surface area contributed by atoms with Crippen LogP contribution in [0, 0.1) is 20.8 Å². The van der Waals surface area contributed by atoms with E-state index < -0.39 is 0 Å². The maximum atomic E-state index is 13.2. The van der Waals surface area contributed by atoms with Crippen molar-refractivity contribution in [2.75, 3.05) is 33.3 Å². The normalized spacial score (nSPS) is 14.4. The van der Waals surface area contributed by atoms with Crippen LogP contribution in [0.5, 0.6) is 11.5 Å². The van der Waals surface area contributed by atoms with Gasteiger partial charge in [-0.05, 0) is 49.6 Å². The predicted molar refractivity (Wildman–Crippen MR) is 126 cm³/mol. The van der Waals surface area contributed by atoms with Gasteiger partial charge in [-0.3, -0.25) is 9.69 Å². The lowest BCUT2D eigenvalue weighted by Gasteiger charge is -2.34. The molecule has 0 atom stereocenters. The van der Waals surface area contributed by atoms with E-state index in [9.17, 15) is 4.79 Å². The Morgan fingerprint density at radius 2 is 1.73 bits per heavy atom. The summed E-state index contributed by atoms with van der Waals surface area (Å²) in [5.41, 5.74) is 4.38. The maximum Gasteiger partial charge on any atom is 0.276 e. The van der Waals surface area contributed by atoms with Crippen LogP contribution in [-0.4, -0.2) is 54.2 Å². The Balaban J connectivity index is 1.38. The molecule has 1 aliphatic rings. The van der Waals surface area contributed by atoms with Crippen LogP contribution in [0.1, 0.15) is 38.5 Å². The highest BCUT2D eigenvalue weighted by atomic mass is 16.5. The molecule has 1 aromatic heterocycles. The molecule has 0 saturated carbocycles. The van der Waals surface area contributed by atoms with Gasteiger partial charge in [-0.15, -0.1) is 0 Å². The standard InChI is InChI=1S/C26H31N3O4/c1-18-7-5-8-19(2)25(18)32-17-23-20(3)33-27-24(23)26(30)29-13-11-28(12-14-29)16-21-9-6-10-22(15-21)31-4/h5-10,15H,11-14,16-17H2,1-4H3. The Kier molecular flexibility index (Phi) is 6.99. The molecule has 2 aromatic carbocycles. The third kappa shape index (κ3) is 5.20. The molecular formula is C26H31N3O4. The lowest BCUT2D eigenvalue weighted by Crippen LogP contribution is -2.48. The Morgan fingerprint density at radius 1 is 1.03 bits per heavy atom. The largest absolute Gasteiger partial charge is 0.497 e. The van der Waals surface area contributed by atoms with Crippen LogP contribution >= 0.6 is 0 Å². The van der Waals surface area contributed by atoms with Crippen molar-refractivity contribution in [2.24, 2.45) is 0 Å². The second-order valence-electron chi connectivity index (χ2n) is 8.50. The van der Waals surface area contributed by atoms with Gasteiger partial charge in [-0.2, -0.15) is 0 Å². The van der Waals surface area contributed by atoms with E-state index in [1.807, 2.05) is 56.0 Å². The third-order valence-corrected chi connectivity index (χ3v) is 6.16. The molecule has 174 valence electrons. The summed E-state index contributed by atoms with van der Waals surface area (Å²) in [6.45, 7) is 9.81. The van der Waals surface area contributed by atoms with Crippen molar-refractivity contribution in [3.8, 4) is 11.5 Å². The first kappa shape index (κ1) is 22.9. The zero-order valence-corrected chi connectivity index (χ0v) is 19.8. The zero-order chi connectivity index (χ0) is 23.4. The van der Waals surface area contributed by atoms with E-state index in [1.54, 1.807) is 7.11 Å². The summed E-state index contributed by atoms with van der Waals surface area (Å²) in [5, 5.41) is 4.08. The number of hydrogen-bond acceptors (Lipinski definition) is 6. The Hall–Kier alpha value is -3.32. The van der Waals surface area contributed by atoms with Gasteiger partial charge in [0, 0.05) is 32.7 Å². The number of carbonyl (C=O) groups excluding carboxylic acids is 1. The predicted octanol–water partition coefficient (Wildman–Crippen LogP) is 4.15. The lowest BCUT2D eigenvalue weighted by molar-refractivity contribution is 0.0616. The van der Waals surface area contributed by atoms with Crippen LogP contribution in [0.25, 0.3) is 0 Å². The molecule has 4 rings (SSSR count). The molecule has 3 aromatic rings. The summed E-state index contributed by atoms with van der Waals surface area (Å²) in [6, 6.07) is 14.1. The van der Waals surface area contributed by atoms with Crippen molar-refractivity contribution in [3.63, 3.8) is 0 Å². The number of aromatic nitrogens is 1. The van der Waals surface area contributed by atoms with E-state index in [0.29, 0.717) is 30.1 Å². The Bertz CT molecular complexity index is 1100. The first-order valence-electron chi connectivity index (χ1n) is 11.2. The molecule has 0 spiro atoms. The minimum Gasteiger partial charge on any atom is -0.497 e. The smallest absolute Gasteiger partial charge is 0.276 e. The molecule has 1 amide bonds. The van der Waals surface area contributed by atoms with E-state index in [2.05, 4.69) is 22.2 Å². The molecule has 0 unspecified atom stereocenters. The summed E-state index contributed by atoms with van der Waals surface area (Å²) < 4.78 is 16.8. The fourth-order valence-corrected chi connectivity index (χ4v) is 4.19. The van der Waals surface area contributed by atoms with E-state index in [-0.39, 0.29) is 12.5 Å². The summed E-state index contributed by atoms with van der Waals surface area (Å²) in [7, 11) is 1.68. The third-order valence-electron chi connectivity index (χ3n) is 6.16. The molecule has 1 fully saturated rings. The zero-order valence-electron chi connectivity index (χ0n) is 19.8. The molecule has 1 aliphatic heterocycles. The molecule has 2 heterocycles. The summed E-state index contributed by atoms with van der Waals surface area (Å²) in [4.78, 5) is 17.4. The van der Waals surface area contributed by atoms with Crippen molar-refractivity contribution in [3.05, 3.63) is 76.2 Å². The van der Waals surface area contributed by atoms with E-state index in [4.69, 9.17) is 14.0 Å². The number of amides is 1. The number of piperazine rings is 1. The van der Waals surface area contributed by atoms with Crippen LogP contribution in [0.15, 0.2) is 47.0 Å². The number of benzene rings is 2. The fraction of sp³-hybridized carbons (Fsp3) is 0.385. The Morgan fingerprint density at radius 3 is 2.42 bits per heavy atom. The molecule has 7 nitrogen and oxygen atoms in total. The minimum atomic E-state index is -0.104. The number of ether oxygens (including phenoxy) is 2. The van der Waals surface area contributed by atoms with Crippen LogP contribution in [0.4, 0.5) is 0 Å². The molecule has 0 N–H and O–H groups in total. The number of carbonyl (C=O) groups is 1. The highest BCUT2D eigenvalue weighted by Crippen LogP contribution is 2.25. The van der Waals surface area contributed by atoms with Gasteiger partial charge in [-0.1, -0.05) is 35.5 Å². The van der Waals surface area contributed by atoms with Gasteiger partial charge in [0.1, 0.15) is 23.9 Å². The monoisotopic (exact) mass is 449 g/mol. The molecule has 0 aliphatic carbocycles. The van der Waals surface area contributed by atoms with Crippen LogP contribution in [0.2, 0.25) is 0 Å². The van der Waals surface area contributed by atoms with Crippen molar-refractivity contribution in [1.29, 1.82) is 0 Å². The van der Waals surface area contributed by atoms with Crippen LogP contribution in [-0.2, 0) is 13.2 Å². The van der Waals surface area contributed by atoms with Crippen molar-refractivity contribution in [1.82, 2.24) is 15.0 Å². The van der Waals surface area contributed by atoms with Gasteiger partial charge < -0.3 is 18.9 Å². The summed E-state index contributed by atoms with van der Waals surface area (Å²) >= 11 is 0. The highest BCUT2D eigenvalue weighted by Gasteiger charge is 2.28. The summed E-state index contributed by atoms with van der Waals surface area (Å²) in [5.74, 6) is 2.20. The molecule has 1 saturated heterocycles. The lowest BCUT2D eigenvalue weighted by atomic mass is 10.1. The molecule has 7 heteroatoms.